The van der Waals surface area contributed by atoms with Gasteiger partial charge in [0.1, 0.15) is 0 Å². The second-order valence-corrected chi connectivity index (χ2v) is 11.5. The van der Waals surface area contributed by atoms with E-state index in [2.05, 4.69) is 45.5 Å². The Bertz CT molecular complexity index is 1380. The van der Waals surface area contributed by atoms with Crippen LogP contribution < -0.4 is 11.1 Å². The van der Waals surface area contributed by atoms with Crippen molar-refractivity contribution in [1.29, 1.82) is 0 Å². The SMILES string of the molecule is CNCc1ccc2c(Cc3cccc(CCC(=O)O)c3)nccc2c1.C[N+]1(C(N)=O)CCC(N2CCOCC2)CC1.FC(F)F. The maximum atomic E-state index is 11.3. The molecule has 0 saturated carbocycles. The molecule has 2 aromatic carbocycles. The van der Waals surface area contributed by atoms with Crippen LogP contribution in [0.4, 0.5) is 18.0 Å². The average molecular weight is 633 g/mol. The third-order valence-corrected chi connectivity index (χ3v) is 8.29. The number of pyridine rings is 1. The topological polar surface area (TPSA) is 118 Å². The molecule has 1 aromatic heterocycles. The van der Waals surface area contributed by atoms with Gasteiger partial charge in [-0.2, -0.15) is 13.2 Å². The van der Waals surface area contributed by atoms with Crippen LogP contribution in [-0.2, 0) is 28.9 Å². The molecule has 2 fully saturated rings. The van der Waals surface area contributed by atoms with Crippen LogP contribution in [0, 0.1) is 0 Å². The lowest BCUT2D eigenvalue weighted by atomic mass is 9.99. The van der Waals surface area contributed by atoms with Crippen LogP contribution in [0.1, 0.15) is 41.6 Å². The number of alkyl halides is 3. The maximum absolute atomic E-state index is 11.3. The highest BCUT2D eigenvalue weighted by atomic mass is 19.4. The zero-order chi connectivity index (χ0) is 32.8. The molecular formula is C33H45F3N5O4+. The summed E-state index contributed by atoms with van der Waals surface area (Å²) in [4.78, 5) is 29.1. The van der Waals surface area contributed by atoms with Crippen molar-refractivity contribution in [3.05, 3.63) is 77.1 Å². The number of carbonyl (C=O) groups excluding carboxylic acids is 1. The van der Waals surface area contributed by atoms with Crippen LogP contribution in [0.3, 0.4) is 0 Å². The number of quaternary nitrogens is 1. The van der Waals surface area contributed by atoms with Crippen LogP contribution in [0.25, 0.3) is 10.8 Å². The predicted octanol–water partition coefficient (Wildman–Crippen LogP) is 4.75. The number of morpholine rings is 1. The quantitative estimate of drug-likeness (QED) is 0.307. The lowest BCUT2D eigenvalue weighted by Gasteiger charge is -2.42. The van der Waals surface area contributed by atoms with Gasteiger partial charge in [0.05, 0.1) is 39.0 Å². The van der Waals surface area contributed by atoms with Crippen molar-refractivity contribution in [2.24, 2.45) is 5.73 Å². The van der Waals surface area contributed by atoms with Gasteiger partial charge in [0.2, 0.25) is 0 Å². The number of aromatic nitrogens is 1. The Labute approximate surface area is 262 Å². The number of piperidine rings is 1. The number of primary amides is 1. The van der Waals surface area contributed by atoms with Gasteiger partial charge in [0.15, 0.2) is 0 Å². The molecule has 5 rings (SSSR count). The number of hydrogen-bond donors (Lipinski definition) is 3. The van der Waals surface area contributed by atoms with Crippen molar-refractivity contribution in [2.75, 3.05) is 53.5 Å². The molecule has 3 aromatic rings. The summed E-state index contributed by atoms with van der Waals surface area (Å²) in [5.74, 6) is -0.765. The molecule has 0 aliphatic carbocycles. The number of nitrogens with one attached hydrogen (secondary N) is 1. The van der Waals surface area contributed by atoms with Gasteiger partial charge in [-0.15, -0.1) is 0 Å². The number of nitrogens with two attached hydrogens (primary N) is 1. The number of amides is 2. The highest BCUT2D eigenvalue weighted by molar-refractivity contribution is 5.85. The number of carboxylic acid groups (broad SMARTS) is 1. The Morgan fingerprint density at radius 3 is 2.36 bits per heavy atom. The van der Waals surface area contributed by atoms with Crippen molar-refractivity contribution >= 4 is 22.8 Å². The molecule has 12 heteroatoms. The van der Waals surface area contributed by atoms with Gasteiger partial charge >= 0.3 is 18.7 Å². The molecule has 246 valence electrons. The summed E-state index contributed by atoms with van der Waals surface area (Å²) >= 11 is 0. The fraction of sp³-hybridized carbons (Fsp3) is 0.485. The Morgan fingerprint density at radius 2 is 1.73 bits per heavy atom. The Kier molecular flexibility index (Phi) is 14.2. The number of carbonyl (C=O) groups is 2. The second-order valence-electron chi connectivity index (χ2n) is 11.5. The number of rotatable bonds is 8. The molecular weight excluding hydrogens is 587 g/mol. The van der Waals surface area contributed by atoms with Crippen molar-refractivity contribution in [2.45, 2.75) is 51.4 Å². The zero-order valence-corrected chi connectivity index (χ0v) is 26.1. The first-order valence-corrected chi connectivity index (χ1v) is 15.2. The summed E-state index contributed by atoms with van der Waals surface area (Å²) < 4.78 is 34.8. The van der Waals surface area contributed by atoms with Crippen LogP contribution >= 0.6 is 0 Å². The molecule has 0 atom stereocenters. The van der Waals surface area contributed by atoms with Crippen LogP contribution in [-0.4, -0.2) is 97.7 Å². The first kappa shape index (κ1) is 35.9. The monoisotopic (exact) mass is 632 g/mol. The van der Waals surface area contributed by atoms with Crippen molar-refractivity contribution < 1.29 is 37.1 Å². The molecule has 2 aliphatic heterocycles. The van der Waals surface area contributed by atoms with E-state index < -0.39 is 12.6 Å². The highest BCUT2D eigenvalue weighted by Crippen LogP contribution is 2.23. The van der Waals surface area contributed by atoms with E-state index >= 15 is 0 Å². The lowest BCUT2D eigenvalue weighted by Crippen LogP contribution is -2.60. The number of hydrogen-bond acceptors (Lipinski definition) is 6. The average Bonchev–Trinajstić information content (AvgIpc) is 3.01. The van der Waals surface area contributed by atoms with Gasteiger partial charge in [0, 0.05) is 62.9 Å². The van der Waals surface area contributed by atoms with Gasteiger partial charge < -0.3 is 20.9 Å². The van der Waals surface area contributed by atoms with E-state index in [0.717, 1.165) is 82.0 Å². The van der Waals surface area contributed by atoms with Gasteiger partial charge in [0.25, 0.3) is 0 Å². The van der Waals surface area contributed by atoms with Crippen LogP contribution in [0.15, 0.2) is 54.7 Å². The van der Waals surface area contributed by atoms with E-state index in [4.69, 9.17) is 15.6 Å². The molecule has 2 amide bonds. The molecule has 45 heavy (non-hydrogen) atoms. The molecule has 4 N–H and O–H groups in total. The summed E-state index contributed by atoms with van der Waals surface area (Å²) in [6, 6.07) is 17.1. The number of carboxylic acids is 1. The van der Waals surface area contributed by atoms with Gasteiger partial charge in [-0.3, -0.25) is 14.7 Å². The Balaban J connectivity index is 0.000000236. The van der Waals surface area contributed by atoms with E-state index in [1.807, 2.05) is 38.5 Å². The summed E-state index contributed by atoms with van der Waals surface area (Å²) in [5.41, 5.74) is 9.93. The molecule has 0 bridgehead atoms. The van der Waals surface area contributed by atoms with Crippen molar-refractivity contribution in [1.82, 2.24) is 15.2 Å². The third kappa shape index (κ3) is 11.7. The number of fused-ring (bicyclic) bond motifs is 1. The van der Waals surface area contributed by atoms with E-state index in [9.17, 15) is 22.8 Å². The zero-order valence-electron chi connectivity index (χ0n) is 26.1. The summed E-state index contributed by atoms with van der Waals surface area (Å²) in [6.07, 6.45) is 5.45. The number of aryl methyl sites for hydroxylation is 1. The molecule has 9 nitrogen and oxygen atoms in total. The Morgan fingerprint density at radius 1 is 1.07 bits per heavy atom. The number of aliphatic carboxylic acids is 1. The number of urea groups is 1. The minimum Gasteiger partial charge on any atom is -0.481 e. The van der Waals surface area contributed by atoms with Gasteiger partial charge in [-0.1, -0.05) is 36.4 Å². The lowest BCUT2D eigenvalue weighted by molar-refractivity contribution is -0.835. The second kappa shape index (κ2) is 17.8. The molecule has 0 spiro atoms. The smallest absolute Gasteiger partial charge is 0.413 e. The number of halogens is 3. The van der Waals surface area contributed by atoms with Gasteiger partial charge in [-0.05, 0) is 47.7 Å². The van der Waals surface area contributed by atoms with E-state index in [0.29, 0.717) is 16.9 Å². The minimum absolute atomic E-state index is 0.157. The first-order chi connectivity index (χ1) is 21.5. The third-order valence-electron chi connectivity index (χ3n) is 8.29. The summed E-state index contributed by atoms with van der Waals surface area (Å²) in [5, 5.41) is 14.4. The van der Waals surface area contributed by atoms with Crippen LogP contribution in [0.5, 0.6) is 0 Å². The van der Waals surface area contributed by atoms with Gasteiger partial charge in [-0.25, -0.2) is 9.28 Å². The van der Waals surface area contributed by atoms with E-state index in [1.54, 1.807) is 0 Å². The standard InChI is InChI=1S/C21H22N2O2.C11H21N3O2.CHF3/c1-22-14-17-5-7-19-18(12-17)9-10-23-20(19)13-16-4-2-3-15(11-16)6-8-21(24)25;1-14(11(12)15)6-2-10(3-7-14)13-4-8-16-9-5-13;2-1(3)4/h2-5,7,9-12,22H,6,8,13-14H2,1H3,(H,24,25);10H,2-9H2,1H3,(H-,12,15);1H/p+1. The molecule has 0 radical (unpaired) electrons. The predicted molar refractivity (Wildman–Crippen MR) is 168 cm³/mol. The molecule has 2 saturated heterocycles. The maximum Gasteiger partial charge on any atom is 0.413 e. The van der Waals surface area contributed by atoms with Crippen LogP contribution in [0.2, 0.25) is 0 Å². The van der Waals surface area contributed by atoms with Crippen molar-refractivity contribution in [3.63, 3.8) is 0 Å². The van der Waals surface area contributed by atoms with Crippen molar-refractivity contribution in [3.8, 4) is 0 Å². The number of ether oxygens (including phenoxy) is 1. The van der Waals surface area contributed by atoms with E-state index in [-0.39, 0.29) is 12.5 Å². The largest absolute Gasteiger partial charge is 0.481 e. The fourth-order valence-corrected chi connectivity index (χ4v) is 5.74. The number of nitrogens with zero attached hydrogens (tertiary/aromatic N) is 3. The minimum atomic E-state index is -3.67. The number of benzene rings is 2. The summed E-state index contributed by atoms with van der Waals surface area (Å²) in [6.45, 7) is 2.68. The Hall–Kier alpha value is -3.58. The normalized spacial score (nSPS) is 20.1. The number of likely N-dealkylation sites (tertiary alicyclic amines) is 1. The fourth-order valence-electron chi connectivity index (χ4n) is 5.74. The van der Waals surface area contributed by atoms with E-state index in [1.165, 1.54) is 16.3 Å². The molecule has 2 aliphatic rings. The highest BCUT2D eigenvalue weighted by Gasteiger charge is 2.37. The molecule has 3 heterocycles. The molecule has 0 unspecified atom stereocenters. The summed E-state index contributed by atoms with van der Waals surface area (Å²) in [7, 11) is 3.89. The first-order valence-electron chi connectivity index (χ1n) is 15.2.